The number of rotatable bonds is 2. The zero-order valence-electron chi connectivity index (χ0n) is 8.80. The highest BCUT2D eigenvalue weighted by Gasteiger charge is 2.36. The maximum Gasteiger partial charge on any atom is 0.307 e. The van der Waals surface area contributed by atoms with Crippen LogP contribution in [0.2, 0.25) is 0 Å². The van der Waals surface area contributed by atoms with Crippen molar-refractivity contribution in [2.24, 2.45) is 5.92 Å². The molecular weight excluding hydrogens is 196 g/mol. The van der Waals surface area contributed by atoms with Crippen LogP contribution in [-0.4, -0.2) is 34.7 Å². The van der Waals surface area contributed by atoms with Crippen molar-refractivity contribution in [3.63, 3.8) is 0 Å². The summed E-state index contributed by atoms with van der Waals surface area (Å²) in [5, 5.41) is 12.9. The number of aromatic nitrogens is 1. The number of hydrogen-bond acceptors (Lipinski definition) is 4. The number of carbonyl (C=O) groups is 1. The van der Waals surface area contributed by atoms with E-state index in [4.69, 9.17) is 9.63 Å². The summed E-state index contributed by atoms with van der Waals surface area (Å²) in [5.74, 6) is -0.265. The first kappa shape index (κ1) is 10.2. The molecule has 1 N–H and O–H groups in total. The summed E-state index contributed by atoms with van der Waals surface area (Å²) in [5.41, 5.74) is 0.832. The topological polar surface area (TPSA) is 66.6 Å². The number of nitrogens with zero attached hydrogens (tertiary/aromatic N) is 2. The summed E-state index contributed by atoms with van der Waals surface area (Å²) >= 11 is 0. The zero-order chi connectivity index (χ0) is 11.0. The molecule has 1 aromatic rings. The lowest BCUT2D eigenvalue weighted by Gasteiger charge is -2.15. The van der Waals surface area contributed by atoms with Gasteiger partial charge in [-0.3, -0.25) is 9.69 Å². The number of aliphatic carboxylic acids is 1. The third-order valence-electron chi connectivity index (χ3n) is 2.89. The van der Waals surface area contributed by atoms with Crippen molar-refractivity contribution >= 4 is 5.97 Å². The molecule has 2 unspecified atom stereocenters. The molecule has 0 bridgehead atoms. The van der Waals surface area contributed by atoms with Gasteiger partial charge in [-0.25, -0.2) is 0 Å². The van der Waals surface area contributed by atoms with Crippen LogP contribution in [0.25, 0.3) is 0 Å². The van der Waals surface area contributed by atoms with Gasteiger partial charge in [0.15, 0.2) is 0 Å². The second-order valence-corrected chi connectivity index (χ2v) is 4.09. The Balaban J connectivity index is 2.15. The van der Waals surface area contributed by atoms with Crippen LogP contribution in [-0.2, 0) is 4.79 Å². The maximum absolute atomic E-state index is 10.9. The Bertz CT molecular complexity index is 374. The molecule has 0 aromatic carbocycles. The number of carboxylic acids is 1. The van der Waals surface area contributed by atoms with Crippen LogP contribution in [0.3, 0.4) is 0 Å². The highest BCUT2D eigenvalue weighted by atomic mass is 16.5. The monoisotopic (exact) mass is 210 g/mol. The van der Waals surface area contributed by atoms with Crippen LogP contribution < -0.4 is 0 Å². The van der Waals surface area contributed by atoms with Crippen LogP contribution in [0.5, 0.6) is 0 Å². The van der Waals surface area contributed by atoms with E-state index in [0.29, 0.717) is 13.0 Å². The van der Waals surface area contributed by atoms with Gasteiger partial charge in [-0.2, -0.15) is 0 Å². The first-order valence-corrected chi connectivity index (χ1v) is 4.94. The van der Waals surface area contributed by atoms with Crippen molar-refractivity contribution in [2.45, 2.75) is 19.4 Å². The van der Waals surface area contributed by atoms with Gasteiger partial charge in [0.1, 0.15) is 11.5 Å². The fourth-order valence-corrected chi connectivity index (χ4v) is 2.07. The van der Waals surface area contributed by atoms with E-state index in [0.717, 1.165) is 11.5 Å². The highest BCUT2D eigenvalue weighted by Crippen LogP contribution is 2.33. The minimum absolute atomic E-state index is 0.0727. The molecule has 1 saturated heterocycles. The number of likely N-dealkylation sites (tertiary alicyclic amines) is 1. The van der Waals surface area contributed by atoms with Gasteiger partial charge < -0.3 is 9.63 Å². The fourth-order valence-electron chi connectivity index (χ4n) is 2.07. The summed E-state index contributed by atoms with van der Waals surface area (Å²) in [6.07, 6.45) is 0.609. The maximum atomic E-state index is 10.9. The van der Waals surface area contributed by atoms with Crippen molar-refractivity contribution in [1.29, 1.82) is 0 Å². The van der Waals surface area contributed by atoms with Gasteiger partial charge in [-0.05, 0) is 20.4 Å². The molecule has 1 aliphatic rings. The molecule has 0 aliphatic carbocycles. The van der Waals surface area contributed by atoms with Crippen LogP contribution in [0.4, 0.5) is 0 Å². The normalized spacial score (nSPS) is 27.1. The Kier molecular flexibility index (Phi) is 2.48. The van der Waals surface area contributed by atoms with E-state index < -0.39 is 5.97 Å². The van der Waals surface area contributed by atoms with Crippen molar-refractivity contribution in [2.75, 3.05) is 13.6 Å². The average Bonchev–Trinajstić information content (AvgIpc) is 2.71. The van der Waals surface area contributed by atoms with E-state index in [-0.39, 0.29) is 12.0 Å². The van der Waals surface area contributed by atoms with Gasteiger partial charge >= 0.3 is 5.97 Å². The Labute approximate surface area is 87.7 Å². The summed E-state index contributed by atoms with van der Waals surface area (Å²) in [4.78, 5) is 12.9. The number of carboxylic acid groups (broad SMARTS) is 1. The van der Waals surface area contributed by atoms with E-state index in [2.05, 4.69) is 5.16 Å². The van der Waals surface area contributed by atoms with Gasteiger partial charge in [0.25, 0.3) is 0 Å². The Hall–Kier alpha value is -1.36. The van der Waals surface area contributed by atoms with Crippen LogP contribution >= 0.6 is 0 Å². The van der Waals surface area contributed by atoms with Crippen LogP contribution in [0.1, 0.15) is 23.9 Å². The lowest BCUT2D eigenvalue weighted by molar-refractivity contribution is -0.141. The number of aryl methyl sites for hydroxylation is 1. The molecule has 5 nitrogen and oxygen atoms in total. The molecule has 1 fully saturated rings. The van der Waals surface area contributed by atoms with Crippen LogP contribution in [0.15, 0.2) is 10.6 Å². The summed E-state index contributed by atoms with van der Waals surface area (Å²) in [7, 11) is 1.91. The Morgan fingerprint density at radius 1 is 1.73 bits per heavy atom. The zero-order valence-corrected chi connectivity index (χ0v) is 8.80. The molecule has 0 amide bonds. The molecule has 5 heteroatoms. The predicted molar refractivity (Wildman–Crippen MR) is 52.4 cm³/mol. The molecule has 2 rings (SSSR count). The van der Waals surface area contributed by atoms with Gasteiger partial charge in [0.2, 0.25) is 0 Å². The molecule has 1 aliphatic heterocycles. The van der Waals surface area contributed by atoms with Crippen molar-refractivity contribution < 1.29 is 14.4 Å². The molecule has 2 atom stereocenters. The standard InChI is InChI=1S/C10H14N2O3/c1-6-3-8(11-15-6)9-4-7(10(13)14)5-12(9)2/h3,7,9H,4-5H2,1-2H3,(H,13,14). The van der Waals surface area contributed by atoms with Gasteiger partial charge in [-0.1, -0.05) is 5.16 Å². The third kappa shape index (κ3) is 1.87. The average molecular weight is 210 g/mol. The second-order valence-electron chi connectivity index (χ2n) is 4.09. The van der Waals surface area contributed by atoms with Gasteiger partial charge in [-0.15, -0.1) is 0 Å². The second kappa shape index (κ2) is 3.66. The van der Waals surface area contributed by atoms with E-state index >= 15 is 0 Å². The Morgan fingerprint density at radius 3 is 2.93 bits per heavy atom. The van der Waals surface area contributed by atoms with Crippen molar-refractivity contribution in [3.05, 3.63) is 17.5 Å². The Morgan fingerprint density at radius 2 is 2.47 bits per heavy atom. The summed E-state index contributed by atoms with van der Waals surface area (Å²) in [6.45, 7) is 2.41. The minimum Gasteiger partial charge on any atom is -0.481 e. The SMILES string of the molecule is Cc1cc(C2CC(C(=O)O)CN2C)no1. The largest absolute Gasteiger partial charge is 0.481 e. The van der Waals surface area contributed by atoms with E-state index in [1.165, 1.54) is 0 Å². The quantitative estimate of drug-likeness (QED) is 0.790. The summed E-state index contributed by atoms with van der Waals surface area (Å²) in [6, 6.07) is 1.94. The first-order chi connectivity index (χ1) is 7.08. The molecular formula is C10H14N2O3. The highest BCUT2D eigenvalue weighted by molar-refractivity contribution is 5.70. The van der Waals surface area contributed by atoms with Gasteiger partial charge in [0.05, 0.1) is 12.0 Å². The molecule has 0 radical (unpaired) electrons. The van der Waals surface area contributed by atoms with Gasteiger partial charge in [0, 0.05) is 12.6 Å². The lowest BCUT2D eigenvalue weighted by Crippen LogP contribution is -2.20. The molecule has 15 heavy (non-hydrogen) atoms. The van der Waals surface area contributed by atoms with E-state index in [9.17, 15) is 4.79 Å². The first-order valence-electron chi connectivity index (χ1n) is 4.94. The fraction of sp³-hybridized carbons (Fsp3) is 0.600. The molecule has 82 valence electrons. The summed E-state index contributed by atoms with van der Waals surface area (Å²) < 4.78 is 5.00. The molecule has 0 spiro atoms. The minimum atomic E-state index is -0.732. The molecule has 1 aromatic heterocycles. The predicted octanol–water partition coefficient (Wildman–Crippen LogP) is 1.06. The molecule has 0 saturated carbocycles. The smallest absolute Gasteiger partial charge is 0.307 e. The van der Waals surface area contributed by atoms with E-state index in [1.54, 1.807) is 0 Å². The lowest BCUT2D eigenvalue weighted by atomic mass is 10.0. The van der Waals surface area contributed by atoms with E-state index in [1.807, 2.05) is 24.9 Å². The van der Waals surface area contributed by atoms with Crippen molar-refractivity contribution in [3.8, 4) is 0 Å². The number of hydrogen-bond donors (Lipinski definition) is 1. The third-order valence-corrected chi connectivity index (χ3v) is 2.89. The van der Waals surface area contributed by atoms with Crippen LogP contribution in [0, 0.1) is 12.8 Å². The van der Waals surface area contributed by atoms with Crippen molar-refractivity contribution in [1.82, 2.24) is 10.1 Å². The molecule has 2 heterocycles.